The number of carbonyl (C=O) groups excluding carboxylic acids is 4. The van der Waals surface area contributed by atoms with Crippen molar-refractivity contribution in [2.45, 2.75) is 98.9 Å². The smallest absolute Gasteiger partial charge is 0.408 e. The standard InChI is InChI=1S/C32H40BrN3O9S/c1-43-30(39)32-17-21(32)7-5-3-2-4-6-8-26(34-31(40)44-23-14-19-13-20(19)15-23)29(38)36-18-24(16-27(36)28(37)35-32)45-46(41,42)25-11-9-22(33)10-12-25/h5,7,9-12,19-21,23-24,26-27H,2-4,6,8,13-18H2,1H3,(H,34,40)(H,35,37)/t19-,20+,21-,23?,24+,26+,27+,32-/m1/s1. The first-order valence-electron chi connectivity index (χ1n) is 16.0. The number of carbonyl (C=O) groups is 4. The molecule has 1 unspecified atom stereocenters. The molecule has 1 aromatic carbocycles. The van der Waals surface area contributed by atoms with E-state index in [9.17, 15) is 27.6 Å². The monoisotopic (exact) mass is 721 g/mol. The molecule has 46 heavy (non-hydrogen) atoms. The molecule has 250 valence electrons. The molecule has 6 rings (SSSR count). The van der Waals surface area contributed by atoms with E-state index in [1.54, 1.807) is 12.1 Å². The number of fused-ring (bicyclic) bond motifs is 3. The van der Waals surface area contributed by atoms with Crippen LogP contribution >= 0.6 is 15.9 Å². The zero-order valence-corrected chi connectivity index (χ0v) is 28.1. The number of hydrogen-bond acceptors (Lipinski definition) is 9. The lowest BCUT2D eigenvalue weighted by atomic mass is 10.0. The number of ether oxygens (including phenoxy) is 2. The quantitative estimate of drug-likeness (QED) is 0.255. The third-order valence-corrected chi connectivity index (χ3v) is 11.8. The molecule has 0 spiro atoms. The first-order valence-corrected chi connectivity index (χ1v) is 18.2. The van der Waals surface area contributed by atoms with Gasteiger partial charge in [0.15, 0.2) is 0 Å². The van der Waals surface area contributed by atoms with Gasteiger partial charge in [-0.1, -0.05) is 40.9 Å². The summed E-state index contributed by atoms with van der Waals surface area (Å²) in [4.78, 5) is 55.1. The van der Waals surface area contributed by atoms with Crippen molar-refractivity contribution in [3.63, 3.8) is 0 Å². The lowest BCUT2D eigenvalue weighted by Crippen LogP contribution is -2.56. The maximum absolute atomic E-state index is 14.2. The lowest BCUT2D eigenvalue weighted by molar-refractivity contribution is -0.148. The van der Waals surface area contributed by atoms with Gasteiger partial charge in [-0.3, -0.25) is 13.8 Å². The average molecular weight is 723 g/mol. The third kappa shape index (κ3) is 7.13. The maximum Gasteiger partial charge on any atom is 0.408 e. The van der Waals surface area contributed by atoms with Gasteiger partial charge >= 0.3 is 12.1 Å². The molecule has 2 aliphatic heterocycles. The van der Waals surface area contributed by atoms with Crippen LogP contribution in [-0.2, 0) is 38.2 Å². The number of amides is 3. The van der Waals surface area contributed by atoms with E-state index in [-0.39, 0.29) is 29.9 Å². The molecule has 2 heterocycles. The first kappa shape index (κ1) is 33.0. The highest BCUT2D eigenvalue weighted by Crippen LogP contribution is 2.52. The minimum atomic E-state index is -4.24. The Balaban J connectivity index is 1.24. The summed E-state index contributed by atoms with van der Waals surface area (Å²) in [6.45, 7) is -0.208. The molecule has 5 aliphatic rings. The second-order valence-corrected chi connectivity index (χ2v) is 15.6. The van der Waals surface area contributed by atoms with Crippen molar-refractivity contribution in [3.05, 3.63) is 40.9 Å². The van der Waals surface area contributed by atoms with Crippen molar-refractivity contribution in [2.24, 2.45) is 17.8 Å². The molecule has 0 aromatic heterocycles. The summed E-state index contributed by atoms with van der Waals surface area (Å²) in [7, 11) is -2.98. The number of esters is 1. The van der Waals surface area contributed by atoms with E-state index in [0.29, 0.717) is 35.6 Å². The largest absolute Gasteiger partial charge is 0.467 e. The van der Waals surface area contributed by atoms with Gasteiger partial charge in [-0.05, 0) is 81.0 Å². The fourth-order valence-corrected chi connectivity index (χ4v) is 8.56. The molecule has 14 heteroatoms. The SMILES string of the molecule is COC(=O)[C@@]12C[C@H]1C=CCCCCC[C@H](NC(=O)OC1C[C@@H]3C[C@@H]3C1)C(=O)N1C[C@@H](OS(=O)(=O)c3ccc(Br)cc3)C[C@H]1C(=O)N2. The number of rotatable bonds is 6. The number of hydrogen-bond donors (Lipinski definition) is 2. The number of halogens is 1. The Morgan fingerprint density at radius 3 is 2.48 bits per heavy atom. The lowest BCUT2D eigenvalue weighted by Gasteiger charge is -2.29. The molecule has 2 N–H and O–H groups in total. The highest BCUT2D eigenvalue weighted by Gasteiger charge is 2.62. The summed E-state index contributed by atoms with van der Waals surface area (Å²) >= 11 is 3.29. The van der Waals surface area contributed by atoms with E-state index in [0.717, 1.165) is 32.1 Å². The molecule has 1 aromatic rings. The van der Waals surface area contributed by atoms with Crippen LogP contribution in [0, 0.1) is 17.8 Å². The highest BCUT2D eigenvalue weighted by molar-refractivity contribution is 9.10. The minimum Gasteiger partial charge on any atom is -0.467 e. The van der Waals surface area contributed by atoms with Crippen molar-refractivity contribution in [1.82, 2.24) is 15.5 Å². The van der Waals surface area contributed by atoms with Gasteiger partial charge in [-0.15, -0.1) is 0 Å². The summed E-state index contributed by atoms with van der Waals surface area (Å²) in [5, 5.41) is 5.59. The van der Waals surface area contributed by atoms with Gasteiger partial charge in [0.1, 0.15) is 23.7 Å². The van der Waals surface area contributed by atoms with Crippen molar-refractivity contribution in [2.75, 3.05) is 13.7 Å². The molecule has 3 saturated carbocycles. The molecule has 0 bridgehead atoms. The average Bonchev–Trinajstić information content (AvgIpc) is 3.81. The van der Waals surface area contributed by atoms with Crippen LogP contribution < -0.4 is 10.6 Å². The Labute approximate surface area is 277 Å². The minimum absolute atomic E-state index is 0.0694. The molecular formula is C32H40BrN3O9S. The van der Waals surface area contributed by atoms with Crippen LogP contribution in [0.2, 0.25) is 0 Å². The topological polar surface area (TPSA) is 157 Å². The molecule has 3 aliphatic carbocycles. The second-order valence-electron chi connectivity index (χ2n) is 13.1. The van der Waals surface area contributed by atoms with Crippen LogP contribution in [0.5, 0.6) is 0 Å². The molecule has 0 radical (unpaired) electrons. The van der Waals surface area contributed by atoms with E-state index >= 15 is 0 Å². The van der Waals surface area contributed by atoms with Gasteiger partial charge in [0, 0.05) is 23.4 Å². The Morgan fingerprint density at radius 1 is 1.02 bits per heavy atom. The second kappa shape index (κ2) is 13.3. The summed E-state index contributed by atoms with van der Waals surface area (Å²) in [6.07, 6.45) is 8.39. The number of nitrogens with zero attached hydrogens (tertiary/aromatic N) is 1. The van der Waals surface area contributed by atoms with Crippen molar-refractivity contribution < 1.29 is 41.3 Å². The molecule has 12 nitrogen and oxygen atoms in total. The van der Waals surface area contributed by atoms with E-state index in [4.69, 9.17) is 13.7 Å². The fraction of sp³-hybridized carbons (Fsp3) is 0.625. The Kier molecular flexibility index (Phi) is 9.50. The summed E-state index contributed by atoms with van der Waals surface area (Å²) < 4.78 is 43.3. The number of allylic oxidation sites excluding steroid dienone is 1. The first-order chi connectivity index (χ1) is 22.0. The van der Waals surface area contributed by atoms with Gasteiger partial charge in [0.05, 0.1) is 18.1 Å². The van der Waals surface area contributed by atoms with Gasteiger partial charge in [0.25, 0.3) is 10.1 Å². The number of methoxy groups -OCH3 is 1. The van der Waals surface area contributed by atoms with Crippen molar-refractivity contribution in [3.8, 4) is 0 Å². The molecule has 3 amide bonds. The predicted molar refractivity (Wildman–Crippen MR) is 168 cm³/mol. The van der Waals surface area contributed by atoms with E-state index in [2.05, 4.69) is 26.6 Å². The third-order valence-electron chi connectivity index (χ3n) is 9.92. The van der Waals surface area contributed by atoms with Crippen molar-refractivity contribution in [1.29, 1.82) is 0 Å². The van der Waals surface area contributed by atoms with Crippen LogP contribution in [0.1, 0.15) is 64.2 Å². The van der Waals surface area contributed by atoms with Crippen LogP contribution in [0.15, 0.2) is 45.8 Å². The number of benzene rings is 1. The highest BCUT2D eigenvalue weighted by atomic mass is 79.9. The van der Waals surface area contributed by atoms with E-state index < -0.39 is 57.7 Å². The predicted octanol–water partition coefficient (Wildman–Crippen LogP) is 3.59. The number of alkyl carbamates (subject to hydrolysis) is 1. The van der Waals surface area contributed by atoms with Gasteiger partial charge < -0.3 is 25.0 Å². The zero-order valence-electron chi connectivity index (χ0n) is 25.7. The number of nitrogens with one attached hydrogen (secondary N) is 2. The van der Waals surface area contributed by atoms with Crippen LogP contribution in [0.25, 0.3) is 0 Å². The fourth-order valence-electron chi connectivity index (χ4n) is 7.22. The molecule has 4 fully saturated rings. The summed E-state index contributed by atoms with van der Waals surface area (Å²) in [6, 6.07) is 3.78. The van der Waals surface area contributed by atoms with Crippen molar-refractivity contribution >= 4 is 49.9 Å². The normalized spacial score (nSPS) is 34.2. The Morgan fingerprint density at radius 2 is 1.76 bits per heavy atom. The van der Waals surface area contributed by atoms with Gasteiger partial charge in [0.2, 0.25) is 11.8 Å². The molecule has 8 atom stereocenters. The van der Waals surface area contributed by atoms with Crippen LogP contribution in [0.3, 0.4) is 0 Å². The van der Waals surface area contributed by atoms with E-state index in [1.807, 2.05) is 12.2 Å². The van der Waals surface area contributed by atoms with Crippen LogP contribution in [0.4, 0.5) is 4.79 Å². The van der Waals surface area contributed by atoms with Gasteiger partial charge in [-0.25, -0.2) is 9.59 Å². The summed E-state index contributed by atoms with van der Waals surface area (Å²) in [5.74, 6) is -0.793. The Hall–Kier alpha value is -2.97. The molecule has 1 saturated heterocycles. The maximum atomic E-state index is 14.2. The van der Waals surface area contributed by atoms with Crippen LogP contribution in [-0.4, -0.2) is 80.7 Å². The zero-order chi connectivity index (χ0) is 32.6. The summed E-state index contributed by atoms with van der Waals surface area (Å²) in [5.41, 5.74) is -1.27. The van der Waals surface area contributed by atoms with E-state index in [1.165, 1.54) is 30.6 Å². The van der Waals surface area contributed by atoms with Gasteiger partial charge in [-0.2, -0.15) is 8.42 Å². The molecular weight excluding hydrogens is 682 g/mol. The Bertz CT molecular complexity index is 1490.